The highest BCUT2D eigenvalue weighted by Crippen LogP contribution is 2.17. The number of hydrogen-bond acceptors (Lipinski definition) is 1. The average molecular weight is 262 g/mol. The molecule has 2 rings (SSSR count). The molecule has 0 aliphatic rings. The van der Waals surface area contributed by atoms with Crippen LogP contribution in [0.3, 0.4) is 0 Å². The molecule has 5 heteroatoms. The molecule has 0 aliphatic heterocycles. The van der Waals surface area contributed by atoms with Crippen LogP contribution in [0, 0.1) is 18.6 Å². The summed E-state index contributed by atoms with van der Waals surface area (Å²) in [5.41, 5.74) is 1.12. The predicted molar refractivity (Wildman–Crippen MR) is 70.2 cm³/mol. The van der Waals surface area contributed by atoms with Crippen LogP contribution in [0.25, 0.3) is 0 Å². The fourth-order valence-corrected chi connectivity index (χ4v) is 1.57. The zero-order chi connectivity index (χ0) is 13.8. The first-order valence-corrected chi connectivity index (χ1v) is 5.65. The van der Waals surface area contributed by atoms with Crippen molar-refractivity contribution in [3.63, 3.8) is 0 Å². The van der Waals surface area contributed by atoms with Crippen LogP contribution >= 0.6 is 0 Å². The second kappa shape index (κ2) is 5.48. The summed E-state index contributed by atoms with van der Waals surface area (Å²) >= 11 is 0. The lowest BCUT2D eigenvalue weighted by Crippen LogP contribution is -2.20. The first kappa shape index (κ1) is 13.0. The molecule has 0 aromatic heterocycles. The number of hydrogen-bond donors (Lipinski definition) is 2. The van der Waals surface area contributed by atoms with E-state index in [0.717, 1.165) is 0 Å². The molecule has 0 atom stereocenters. The minimum atomic E-state index is -0.626. The maximum Gasteiger partial charge on any atom is 0.323 e. The molecule has 2 amide bonds. The Kier molecular flexibility index (Phi) is 3.75. The molecule has 98 valence electrons. The molecule has 0 aliphatic carbocycles. The van der Waals surface area contributed by atoms with Crippen molar-refractivity contribution in [1.29, 1.82) is 0 Å². The fraction of sp³-hybridized carbons (Fsp3) is 0.0714. The van der Waals surface area contributed by atoms with Gasteiger partial charge in [-0.2, -0.15) is 0 Å². The van der Waals surface area contributed by atoms with Gasteiger partial charge in [-0.1, -0.05) is 18.2 Å². The second-order valence-electron chi connectivity index (χ2n) is 4.02. The van der Waals surface area contributed by atoms with Crippen molar-refractivity contribution in [2.75, 3.05) is 10.6 Å². The van der Waals surface area contributed by atoms with Gasteiger partial charge >= 0.3 is 6.03 Å². The Morgan fingerprint density at radius 1 is 1.00 bits per heavy atom. The van der Waals surface area contributed by atoms with Gasteiger partial charge in [-0.25, -0.2) is 13.6 Å². The van der Waals surface area contributed by atoms with Crippen LogP contribution in [-0.4, -0.2) is 6.03 Å². The topological polar surface area (TPSA) is 41.1 Å². The Labute approximate surface area is 109 Å². The number of amides is 2. The Bertz CT molecular complexity index is 614. The Morgan fingerprint density at radius 2 is 1.68 bits per heavy atom. The smallest absolute Gasteiger partial charge is 0.307 e. The highest BCUT2D eigenvalue weighted by atomic mass is 19.1. The van der Waals surface area contributed by atoms with Crippen LogP contribution in [-0.2, 0) is 0 Å². The molecule has 0 saturated carbocycles. The number of para-hydroxylation sites is 1. The van der Waals surface area contributed by atoms with Crippen LogP contribution in [0.4, 0.5) is 25.0 Å². The highest BCUT2D eigenvalue weighted by molar-refractivity contribution is 6.00. The molecule has 0 fully saturated rings. The molecule has 0 spiro atoms. The lowest BCUT2D eigenvalue weighted by molar-refractivity contribution is 0.262. The third-order valence-corrected chi connectivity index (χ3v) is 2.57. The third kappa shape index (κ3) is 3.28. The van der Waals surface area contributed by atoms with Gasteiger partial charge in [-0.3, -0.25) is 0 Å². The summed E-state index contributed by atoms with van der Waals surface area (Å²) in [7, 11) is 0. The second-order valence-corrected chi connectivity index (χ2v) is 4.02. The Balaban J connectivity index is 2.10. The molecule has 2 aromatic rings. The molecule has 0 heterocycles. The van der Waals surface area contributed by atoms with Gasteiger partial charge in [0.05, 0.1) is 5.69 Å². The number of carbonyl (C=O) groups is 1. The van der Waals surface area contributed by atoms with E-state index in [4.69, 9.17) is 0 Å². The van der Waals surface area contributed by atoms with E-state index in [0.29, 0.717) is 11.3 Å². The number of nitrogens with one attached hydrogen (secondary N) is 2. The maximum atomic E-state index is 13.3. The van der Waals surface area contributed by atoms with Crippen LogP contribution in [0.15, 0.2) is 42.5 Å². The van der Waals surface area contributed by atoms with Crippen LogP contribution in [0.1, 0.15) is 5.56 Å². The van der Waals surface area contributed by atoms with Gasteiger partial charge in [0.15, 0.2) is 0 Å². The predicted octanol–water partition coefficient (Wildman–Crippen LogP) is 3.92. The summed E-state index contributed by atoms with van der Waals surface area (Å²) in [5.74, 6) is -0.986. The summed E-state index contributed by atoms with van der Waals surface area (Å²) in [6, 6.07) is 9.23. The van der Waals surface area contributed by atoms with Gasteiger partial charge in [0, 0.05) is 5.69 Å². The summed E-state index contributed by atoms with van der Waals surface area (Å²) in [5, 5.41) is 4.83. The number of carbonyl (C=O) groups excluding carboxylic acids is 1. The van der Waals surface area contributed by atoms with Gasteiger partial charge in [-0.05, 0) is 36.8 Å². The van der Waals surface area contributed by atoms with Crippen molar-refractivity contribution in [1.82, 2.24) is 0 Å². The van der Waals surface area contributed by atoms with Crippen LogP contribution < -0.4 is 10.6 Å². The molecule has 3 nitrogen and oxygen atoms in total. The number of urea groups is 1. The normalized spacial score (nSPS) is 10.1. The molecule has 2 N–H and O–H groups in total. The van der Waals surface area contributed by atoms with Gasteiger partial charge in [-0.15, -0.1) is 0 Å². The van der Waals surface area contributed by atoms with Crippen molar-refractivity contribution in [2.24, 2.45) is 0 Å². The maximum absolute atomic E-state index is 13.3. The molecule has 0 radical (unpaired) electrons. The summed E-state index contributed by atoms with van der Waals surface area (Å²) in [4.78, 5) is 11.7. The van der Waals surface area contributed by atoms with Crippen molar-refractivity contribution in [3.8, 4) is 0 Å². The van der Waals surface area contributed by atoms with E-state index in [1.165, 1.54) is 30.3 Å². The van der Waals surface area contributed by atoms with Gasteiger partial charge < -0.3 is 10.6 Å². The number of benzene rings is 2. The number of rotatable bonds is 2. The van der Waals surface area contributed by atoms with E-state index < -0.39 is 17.7 Å². The number of halogens is 2. The molecule has 2 aromatic carbocycles. The van der Waals surface area contributed by atoms with E-state index in [9.17, 15) is 13.6 Å². The quantitative estimate of drug-likeness (QED) is 0.846. The van der Waals surface area contributed by atoms with Crippen molar-refractivity contribution in [3.05, 3.63) is 59.7 Å². The first-order valence-electron chi connectivity index (χ1n) is 5.65. The van der Waals surface area contributed by atoms with Crippen LogP contribution in [0.5, 0.6) is 0 Å². The molecule has 19 heavy (non-hydrogen) atoms. The standard InChI is InChI=1S/C14H12F2N2O/c1-9-6-7-10(15)8-13(9)18-14(19)17-12-5-3-2-4-11(12)16/h2-8H,1H3,(H2,17,18,19). The number of aryl methyl sites for hydroxylation is 1. The Morgan fingerprint density at radius 3 is 2.42 bits per heavy atom. The van der Waals surface area contributed by atoms with E-state index in [1.54, 1.807) is 19.1 Å². The molecular weight excluding hydrogens is 250 g/mol. The van der Waals surface area contributed by atoms with E-state index in [2.05, 4.69) is 10.6 Å². The van der Waals surface area contributed by atoms with Crippen molar-refractivity contribution < 1.29 is 13.6 Å². The average Bonchev–Trinajstić information content (AvgIpc) is 2.37. The summed E-state index contributed by atoms with van der Waals surface area (Å²) in [6.07, 6.45) is 0. The van der Waals surface area contributed by atoms with Gasteiger partial charge in [0.1, 0.15) is 11.6 Å². The Hall–Kier alpha value is -2.43. The molecule has 0 saturated heterocycles. The highest BCUT2D eigenvalue weighted by Gasteiger charge is 2.08. The third-order valence-electron chi connectivity index (χ3n) is 2.57. The zero-order valence-electron chi connectivity index (χ0n) is 10.2. The molecular formula is C14H12F2N2O. The number of anilines is 2. The summed E-state index contributed by atoms with van der Waals surface area (Å²) < 4.78 is 26.4. The van der Waals surface area contributed by atoms with E-state index >= 15 is 0 Å². The lowest BCUT2D eigenvalue weighted by atomic mass is 10.2. The fourth-order valence-electron chi connectivity index (χ4n) is 1.57. The first-order chi connectivity index (χ1) is 9.06. The zero-order valence-corrected chi connectivity index (χ0v) is 10.2. The van der Waals surface area contributed by atoms with Crippen molar-refractivity contribution in [2.45, 2.75) is 6.92 Å². The van der Waals surface area contributed by atoms with Crippen molar-refractivity contribution >= 4 is 17.4 Å². The monoisotopic (exact) mass is 262 g/mol. The lowest BCUT2D eigenvalue weighted by Gasteiger charge is -2.10. The molecule has 0 unspecified atom stereocenters. The summed E-state index contributed by atoms with van der Waals surface area (Å²) in [6.45, 7) is 1.73. The minimum Gasteiger partial charge on any atom is -0.307 e. The SMILES string of the molecule is Cc1ccc(F)cc1NC(=O)Nc1ccccc1F. The van der Waals surface area contributed by atoms with Gasteiger partial charge in [0.25, 0.3) is 0 Å². The van der Waals surface area contributed by atoms with Crippen LogP contribution in [0.2, 0.25) is 0 Å². The van der Waals surface area contributed by atoms with E-state index in [-0.39, 0.29) is 5.69 Å². The largest absolute Gasteiger partial charge is 0.323 e. The van der Waals surface area contributed by atoms with Gasteiger partial charge in [0.2, 0.25) is 0 Å². The minimum absolute atomic E-state index is 0.0639. The molecule has 0 bridgehead atoms. The van der Waals surface area contributed by atoms with E-state index in [1.807, 2.05) is 0 Å².